The van der Waals surface area contributed by atoms with Crippen LogP contribution in [-0.2, 0) is 4.79 Å². The Kier molecular flexibility index (Phi) is 3.84. The Bertz CT molecular complexity index is 543. The molecular weight excluding hydrogens is 254 g/mol. The van der Waals surface area contributed by atoms with Crippen molar-refractivity contribution < 1.29 is 14.3 Å². The number of anilines is 1. The highest BCUT2D eigenvalue weighted by Gasteiger charge is 2.24. The molecule has 1 heterocycles. The van der Waals surface area contributed by atoms with Crippen molar-refractivity contribution in [1.82, 2.24) is 0 Å². The monoisotopic (exact) mass is 275 g/mol. The Labute approximate surface area is 119 Å². The number of hydrogen-bond acceptors (Lipinski definition) is 3. The van der Waals surface area contributed by atoms with Crippen molar-refractivity contribution in [3.05, 3.63) is 23.8 Å². The topological polar surface area (TPSA) is 55.4 Å². The summed E-state index contributed by atoms with van der Waals surface area (Å²) >= 11 is 0. The summed E-state index contributed by atoms with van der Waals surface area (Å²) in [5.41, 5.74) is 1.29. The van der Waals surface area contributed by atoms with Gasteiger partial charge in [-0.3, -0.25) is 9.59 Å². The molecule has 0 bridgehead atoms. The molecule has 1 unspecified atom stereocenters. The van der Waals surface area contributed by atoms with Gasteiger partial charge in [0, 0.05) is 12.0 Å². The van der Waals surface area contributed by atoms with E-state index in [9.17, 15) is 9.59 Å². The summed E-state index contributed by atoms with van der Waals surface area (Å²) in [5, 5.41) is 2.72. The van der Waals surface area contributed by atoms with Gasteiger partial charge in [0.05, 0.1) is 5.69 Å². The first-order valence-corrected chi connectivity index (χ1v) is 6.87. The third kappa shape index (κ3) is 3.18. The van der Waals surface area contributed by atoms with Crippen molar-refractivity contribution in [3.8, 4) is 5.75 Å². The maximum absolute atomic E-state index is 12.3. The molecule has 1 aromatic rings. The summed E-state index contributed by atoms with van der Waals surface area (Å²) in [5.74, 6) is 0.807. The van der Waals surface area contributed by atoms with Gasteiger partial charge >= 0.3 is 0 Å². The van der Waals surface area contributed by atoms with Gasteiger partial charge in [0.25, 0.3) is 5.91 Å². The van der Waals surface area contributed by atoms with Crippen LogP contribution in [0.3, 0.4) is 0 Å². The lowest BCUT2D eigenvalue weighted by Gasteiger charge is -2.26. The van der Waals surface area contributed by atoms with Gasteiger partial charge in [-0.2, -0.15) is 0 Å². The number of benzene rings is 1. The number of carbonyl (C=O) groups excluding carboxylic acids is 2. The van der Waals surface area contributed by atoms with Crippen LogP contribution in [-0.4, -0.2) is 18.3 Å². The number of ether oxygens (including phenoxy) is 1. The number of rotatable bonds is 3. The van der Waals surface area contributed by atoms with Crippen LogP contribution < -0.4 is 10.1 Å². The fourth-order valence-corrected chi connectivity index (χ4v) is 1.96. The summed E-state index contributed by atoms with van der Waals surface area (Å²) in [6.07, 6.45) is 0.497. The van der Waals surface area contributed by atoms with E-state index >= 15 is 0 Å². The normalized spacial score (nSPS) is 15.9. The molecule has 0 aliphatic carbocycles. The number of Topliss-reactive ketones (excluding diaryl/α,β-unsaturated/α-hetero) is 1. The third-order valence-electron chi connectivity index (χ3n) is 3.90. The minimum Gasteiger partial charge on any atom is -0.482 e. The van der Waals surface area contributed by atoms with Gasteiger partial charge in [-0.05, 0) is 29.5 Å². The van der Waals surface area contributed by atoms with Crippen molar-refractivity contribution in [2.45, 2.75) is 34.1 Å². The molecule has 2 rings (SSSR count). The molecule has 0 fully saturated rings. The van der Waals surface area contributed by atoms with Crippen LogP contribution in [0.25, 0.3) is 0 Å². The average Bonchev–Trinajstić information content (AvgIpc) is 2.36. The summed E-state index contributed by atoms with van der Waals surface area (Å²) in [6, 6.07) is 5.20. The largest absolute Gasteiger partial charge is 0.482 e. The first-order valence-electron chi connectivity index (χ1n) is 6.87. The molecule has 20 heavy (non-hydrogen) atoms. The predicted octanol–water partition coefficient (Wildman–Crippen LogP) is 3.27. The molecule has 0 spiro atoms. The van der Waals surface area contributed by atoms with E-state index in [1.165, 1.54) is 0 Å². The summed E-state index contributed by atoms with van der Waals surface area (Å²) in [7, 11) is 0. The van der Waals surface area contributed by atoms with Crippen LogP contribution in [0.4, 0.5) is 5.69 Å². The van der Waals surface area contributed by atoms with Crippen molar-refractivity contribution in [2.24, 2.45) is 11.3 Å². The van der Waals surface area contributed by atoms with Gasteiger partial charge in [-0.15, -0.1) is 0 Å². The molecule has 108 valence electrons. The highest BCUT2D eigenvalue weighted by atomic mass is 16.5. The molecule has 1 aliphatic heterocycles. The third-order valence-corrected chi connectivity index (χ3v) is 3.90. The molecule has 1 aromatic carbocycles. The Hall–Kier alpha value is -1.84. The molecule has 1 amide bonds. The van der Waals surface area contributed by atoms with Gasteiger partial charge in [-0.25, -0.2) is 0 Å². The van der Waals surface area contributed by atoms with Gasteiger partial charge in [0.15, 0.2) is 12.4 Å². The fraction of sp³-hybridized carbons (Fsp3) is 0.500. The zero-order valence-electron chi connectivity index (χ0n) is 12.4. The lowest BCUT2D eigenvalue weighted by atomic mass is 9.78. The molecule has 1 atom stereocenters. The summed E-state index contributed by atoms with van der Waals surface area (Å²) in [6.45, 7) is 8.51. The van der Waals surface area contributed by atoms with Gasteiger partial charge in [-0.1, -0.05) is 27.7 Å². The van der Waals surface area contributed by atoms with Crippen LogP contribution in [0, 0.1) is 11.3 Å². The Morgan fingerprint density at radius 1 is 1.40 bits per heavy atom. The highest BCUT2D eigenvalue weighted by molar-refractivity contribution is 6.00. The quantitative estimate of drug-likeness (QED) is 0.861. The average molecular weight is 275 g/mol. The molecule has 0 saturated carbocycles. The van der Waals surface area contributed by atoms with Gasteiger partial charge in [0.2, 0.25) is 0 Å². The van der Waals surface area contributed by atoms with Crippen molar-refractivity contribution in [2.75, 3.05) is 11.9 Å². The number of amides is 1. The molecule has 4 heteroatoms. The van der Waals surface area contributed by atoms with Crippen LogP contribution in [0.5, 0.6) is 5.75 Å². The van der Waals surface area contributed by atoms with E-state index in [1.54, 1.807) is 18.2 Å². The van der Waals surface area contributed by atoms with Gasteiger partial charge in [0.1, 0.15) is 5.75 Å². The molecule has 4 nitrogen and oxygen atoms in total. The first kappa shape index (κ1) is 14.6. The summed E-state index contributed by atoms with van der Waals surface area (Å²) < 4.78 is 5.28. The summed E-state index contributed by atoms with van der Waals surface area (Å²) in [4.78, 5) is 23.6. The second kappa shape index (κ2) is 5.27. The predicted molar refractivity (Wildman–Crippen MR) is 78.1 cm³/mol. The van der Waals surface area contributed by atoms with E-state index in [-0.39, 0.29) is 29.6 Å². The molecule has 1 N–H and O–H groups in total. The fourth-order valence-electron chi connectivity index (χ4n) is 1.96. The number of carbonyl (C=O) groups is 2. The molecule has 0 saturated heterocycles. The maximum atomic E-state index is 12.3. The first-order chi connectivity index (χ1) is 9.27. The maximum Gasteiger partial charge on any atom is 0.262 e. The number of hydrogen-bond donors (Lipinski definition) is 1. The van der Waals surface area contributed by atoms with Crippen molar-refractivity contribution >= 4 is 17.4 Å². The van der Waals surface area contributed by atoms with E-state index in [0.717, 1.165) is 0 Å². The molecular formula is C16H21NO3. The lowest BCUT2D eigenvalue weighted by Crippen LogP contribution is -2.25. The Balaban J connectivity index is 2.15. The van der Waals surface area contributed by atoms with E-state index in [4.69, 9.17) is 4.74 Å². The Morgan fingerprint density at radius 3 is 2.75 bits per heavy atom. The van der Waals surface area contributed by atoms with Crippen LogP contribution in [0.2, 0.25) is 0 Å². The van der Waals surface area contributed by atoms with Crippen LogP contribution in [0.1, 0.15) is 44.5 Å². The van der Waals surface area contributed by atoms with E-state index in [1.807, 2.05) is 0 Å². The van der Waals surface area contributed by atoms with Crippen LogP contribution >= 0.6 is 0 Å². The molecule has 1 aliphatic rings. The minimum absolute atomic E-state index is 0.0291. The van der Waals surface area contributed by atoms with E-state index in [2.05, 4.69) is 33.0 Å². The van der Waals surface area contributed by atoms with Crippen molar-refractivity contribution in [1.29, 1.82) is 0 Å². The zero-order valence-corrected chi connectivity index (χ0v) is 12.4. The van der Waals surface area contributed by atoms with Crippen LogP contribution in [0.15, 0.2) is 18.2 Å². The second-order valence-corrected chi connectivity index (χ2v) is 6.44. The number of ketones is 1. The molecule has 0 radical (unpaired) electrons. The molecule has 0 aromatic heterocycles. The SMILES string of the molecule is CC(CC(=O)c1ccc2c(c1)NC(=O)CO2)C(C)(C)C. The van der Waals surface area contributed by atoms with Gasteiger partial charge < -0.3 is 10.1 Å². The number of fused-ring (bicyclic) bond motifs is 1. The zero-order chi connectivity index (χ0) is 14.9. The van der Waals surface area contributed by atoms with Crippen molar-refractivity contribution in [3.63, 3.8) is 0 Å². The number of nitrogens with one attached hydrogen (secondary N) is 1. The Morgan fingerprint density at radius 2 is 2.10 bits per heavy atom. The highest BCUT2D eigenvalue weighted by Crippen LogP contribution is 2.32. The standard InChI is InChI=1S/C16H21NO3/c1-10(16(2,3)4)7-13(18)11-5-6-14-12(8-11)17-15(19)9-20-14/h5-6,8,10H,7,9H2,1-4H3,(H,17,19). The van der Waals surface area contributed by atoms with E-state index in [0.29, 0.717) is 23.4 Å². The van der Waals surface area contributed by atoms with E-state index < -0.39 is 0 Å². The lowest BCUT2D eigenvalue weighted by molar-refractivity contribution is -0.118. The second-order valence-electron chi connectivity index (χ2n) is 6.44. The smallest absolute Gasteiger partial charge is 0.262 e. The minimum atomic E-state index is -0.190.